The second kappa shape index (κ2) is 13.2. The molecule has 4 heteroatoms. The molecule has 0 amide bonds. The van der Waals surface area contributed by atoms with Crippen molar-refractivity contribution >= 4 is 21.8 Å². The number of hydrogen-bond donors (Lipinski definition) is 0. The zero-order valence-electron chi connectivity index (χ0n) is 29.0. The molecule has 0 saturated heterocycles. The first-order valence-corrected chi connectivity index (χ1v) is 17.6. The molecule has 0 aliphatic heterocycles. The van der Waals surface area contributed by atoms with Crippen LogP contribution in [-0.2, 0) is 0 Å². The minimum Gasteiger partial charge on any atom is -0.251 e. The Morgan fingerprint density at radius 3 is 1.58 bits per heavy atom. The average Bonchev–Trinajstić information content (AvgIpc) is 3.21. The van der Waals surface area contributed by atoms with Gasteiger partial charge in [-0.1, -0.05) is 140 Å². The number of rotatable bonds is 6. The van der Waals surface area contributed by atoms with Crippen LogP contribution >= 0.6 is 0 Å². The van der Waals surface area contributed by atoms with Crippen molar-refractivity contribution in [2.75, 3.05) is 0 Å². The zero-order chi connectivity index (χ0) is 35.0. The van der Waals surface area contributed by atoms with E-state index in [1.165, 1.54) is 16.7 Å². The van der Waals surface area contributed by atoms with Crippen LogP contribution in [0.2, 0.25) is 0 Å². The third-order valence-electron chi connectivity index (χ3n) is 9.67. The summed E-state index contributed by atoms with van der Waals surface area (Å²) >= 11 is 0. The fraction of sp³-hybridized carbons (Fsp3) is 0.0417. The average molecular weight is 667 g/mol. The number of aryl methyl sites for hydroxylation is 2. The van der Waals surface area contributed by atoms with Gasteiger partial charge in [-0.25, -0.2) is 15.0 Å². The molecule has 0 saturated carbocycles. The topological polar surface area (TPSA) is 51.6 Å². The summed E-state index contributed by atoms with van der Waals surface area (Å²) in [5, 5.41) is 2.22. The molecular formula is C48H34N4. The third kappa shape index (κ3) is 6.01. The Labute approximate surface area is 303 Å². The van der Waals surface area contributed by atoms with Crippen LogP contribution in [0.1, 0.15) is 11.3 Å². The van der Waals surface area contributed by atoms with Gasteiger partial charge in [0.1, 0.15) is 0 Å². The van der Waals surface area contributed by atoms with Gasteiger partial charge in [-0.15, -0.1) is 0 Å². The Balaban J connectivity index is 1.10. The number of pyridine rings is 2. The second-order valence-electron chi connectivity index (χ2n) is 13.2. The van der Waals surface area contributed by atoms with Crippen LogP contribution < -0.4 is 0 Å². The highest BCUT2D eigenvalue weighted by molar-refractivity contribution is 6.04. The van der Waals surface area contributed by atoms with Crippen LogP contribution in [0.25, 0.3) is 89.2 Å². The Hall–Kier alpha value is -6.78. The van der Waals surface area contributed by atoms with Gasteiger partial charge in [-0.2, -0.15) is 0 Å². The van der Waals surface area contributed by atoms with E-state index in [0.717, 1.165) is 78.0 Å². The molecule has 0 aliphatic carbocycles. The van der Waals surface area contributed by atoms with E-state index in [1.54, 1.807) is 0 Å². The van der Waals surface area contributed by atoms with Crippen LogP contribution in [0.15, 0.2) is 170 Å². The van der Waals surface area contributed by atoms with Crippen LogP contribution in [0.4, 0.5) is 0 Å². The fourth-order valence-corrected chi connectivity index (χ4v) is 7.01. The van der Waals surface area contributed by atoms with Gasteiger partial charge >= 0.3 is 0 Å². The van der Waals surface area contributed by atoms with Gasteiger partial charge in [0, 0.05) is 38.7 Å². The first kappa shape index (κ1) is 31.2. The number of hydrogen-bond acceptors (Lipinski definition) is 4. The fourth-order valence-electron chi connectivity index (χ4n) is 7.01. The lowest BCUT2D eigenvalue weighted by Gasteiger charge is -2.12. The second-order valence-corrected chi connectivity index (χ2v) is 13.2. The molecule has 246 valence electrons. The van der Waals surface area contributed by atoms with Crippen LogP contribution in [0.5, 0.6) is 0 Å². The molecule has 0 radical (unpaired) electrons. The number of aromatic nitrogens is 4. The molecule has 0 unspecified atom stereocenters. The summed E-state index contributed by atoms with van der Waals surface area (Å²) in [5.41, 5.74) is 15.4. The van der Waals surface area contributed by atoms with Gasteiger partial charge in [-0.05, 0) is 72.0 Å². The van der Waals surface area contributed by atoms with Crippen LogP contribution in [0, 0.1) is 13.8 Å². The van der Waals surface area contributed by atoms with E-state index in [2.05, 4.69) is 153 Å². The Bertz CT molecular complexity index is 2740. The highest BCUT2D eigenvalue weighted by atomic mass is 14.9. The van der Waals surface area contributed by atoms with Gasteiger partial charge in [0.25, 0.3) is 0 Å². The van der Waals surface area contributed by atoms with Gasteiger partial charge in [0.05, 0.1) is 28.1 Å². The van der Waals surface area contributed by atoms with Crippen molar-refractivity contribution in [3.8, 4) is 67.4 Å². The van der Waals surface area contributed by atoms with Crippen molar-refractivity contribution in [3.63, 3.8) is 0 Å². The first-order valence-electron chi connectivity index (χ1n) is 17.6. The highest BCUT2D eigenvalue weighted by Gasteiger charge is 2.13. The summed E-state index contributed by atoms with van der Waals surface area (Å²) in [6.45, 7) is 4.18. The van der Waals surface area contributed by atoms with Crippen molar-refractivity contribution in [2.24, 2.45) is 0 Å². The maximum absolute atomic E-state index is 5.17. The molecule has 9 aromatic rings. The van der Waals surface area contributed by atoms with Gasteiger partial charge in [0.2, 0.25) is 0 Å². The maximum atomic E-state index is 5.17. The predicted octanol–water partition coefficient (Wildman–Crippen LogP) is 12.2. The lowest BCUT2D eigenvalue weighted by atomic mass is 9.98. The predicted molar refractivity (Wildman–Crippen MR) is 215 cm³/mol. The summed E-state index contributed by atoms with van der Waals surface area (Å²) in [5.74, 6) is 0.683. The molecular weight excluding hydrogens is 633 g/mol. The molecule has 4 nitrogen and oxygen atoms in total. The Kier molecular flexibility index (Phi) is 7.90. The van der Waals surface area contributed by atoms with Gasteiger partial charge in [-0.3, -0.25) is 4.98 Å². The van der Waals surface area contributed by atoms with E-state index in [9.17, 15) is 0 Å². The summed E-state index contributed by atoms with van der Waals surface area (Å²) in [7, 11) is 0. The molecule has 9 rings (SSSR count). The van der Waals surface area contributed by atoms with E-state index in [1.807, 2.05) is 31.2 Å². The van der Waals surface area contributed by atoms with E-state index in [-0.39, 0.29) is 0 Å². The minimum atomic E-state index is 0.683. The normalized spacial score (nSPS) is 11.3. The van der Waals surface area contributed by atoms with E-state index >= 15 is 0 Å². The van der Waals surface area contributed by atoms with Gasteiger partial charge in [0.15, 0.2) is 5.82 Å². The lowest BCUT2D eigenvalue weighted by Crippen LogP contribution is -1.96. The van der Waals surface area contributed by atoms with Crippen LogP contribution in [0.3, 0.4) is 0 Å². The van der Waals surface area contributed by atoms with Crippen LogP contribution in [-0.4, -0.2) is 19.9 Å². The number of nitrogens with zero attached hydrogens (tertiary/aromatic N) is 4. The maximum Gasteiger partial charge on any atom is 0.160 e. The molecule has 0 fully saturated rings. The van der Waals surface area contributed by atoms with Gasteiger partial charge < -0.3 is 0 Å². The van der Waals surface area contributed by atoms with E-state index < -0.39 is 0 Å². The molecule has 52 heavy (non-hydrogen) atoms. The summed E-state index contributed by atoms with van der Waals surface area (Å²) in [4.78, 5) is 20.3. The standard InChI is InChI=1S/C48H34N4/c1-31-27-32(2)49-47-42(31)25-23-37-24-26-43(50-46(37)47)40-17-9-15-38(28-40)39-16-10-18-41(29-39)48-51-44(35-13-7-4-8-14-35)30-45(52-48)36-21-19-34(20-22-36)33-11-5-3-6-12-33/h3-30H,1-2H3. The first-order chi connectivity index (χ1) is 25.6. The van der Waals surface area contributed by atoms with Crippen molar-refractivity contribution in [2.45, 2.75) is 13.8 Å². The number of fused-ring (bicyclic) bond motifs is 3. The molecule has 0 bridgehead atoms. The number of benzene rings is 6. The van der Waals surface area contributed by atoms with Crippen molar-refractivity contribution in [1.82, 2.24) is 19.9 Å². The zero-order valence-corrected chi connectivity index (χ0v) is 29.0. The summed E-state index contributed by atoms with van der Waals surface area (Å²) < 4.78 is 0. The molecule has 0 atom stereocenters. The highest BCUT2D eigenvalue weighted by Crippen LogP contribution is 2.33. The molecule has 0 spiro atoms. The van der Waals surface area contributed by atoms with Crippen molar-refractivity contribution in [3.05, 3.63) is 181 Å². The molecule has 3 heterocycles. The van der Waals surface area contributed by atoms with E-state index in [4.69, 9.17) is 19.9 Å². The van der Waals surface area contributed by atoms with Crippen molar-refractivity contribution in [1.29, 1.82) is 0 Å². The molecule has 6 aromatic carbocycles. The third-order valence-corrected chi connectivity index (χ3v) is 9.67. The Morgan fingerprint density at radius 2 is 0.865 bits per heavy atom. The lowest BCUT2D eigenvalue weighted by molar-refractivity contribution is 1.18. The molecule has 0 aliphatic rings. The summed E-state index contributed by atoms with van der Waals surface area (Å²) in [6, 6.07) is 59.2. The smallest absolute Gasteiger partial charge is 0.160 e. The van der Waals surface area contributed by atoms with Crippen molar-refractivity contribution < 1.29 is 0 Å². The summed E-state index contributed by atoms with van der Waals surface area (Å²) in [6.07, 6.45) is 0. The Morgan fingerprint density at radius 1 is 0.327 bits per heavy atom. The monoisotopic (exact) mass is 666 g/mol. The van der Waals surface area contributed by atoms with E-state index in [0.29, 0.717) is 5.82 Å². The molecule has 0 N–H and O–H groups in total. The minimum absolute atomic E-state index is 0.683. The molecule has 3 aromatic heterocycles. The SMILES string of the molecule is Cc1cc(C)c2ccc3ccc(-c4cccc(-c5cccc(-c6nc(-c7ccccc7)cc(-c7ccc(-c8ccccc8)cc7)n6)c5)c4)nc3c2n1. The quantitative estimate of drug-likeness (QED) is 0.166. The largest absolute Gasteiger partial charge is 0.251 e.